The second-order valence-corrected chi connectivity index (χ2v) is 29.4. The minimum atomic E-state index is -3.49. The van der Waals surface area contributed by atoms with Gasteiger partial charge in [-0.1, -0.05) is 91.0 Å². The number of aliphatic hydroxyl groups excluding tert-OH is 1. The molecule has 0 bridgehead atoms. The van der Waals surface area contributed by atoms with Gasteiger partial charge in [0.2, 0.25) is 0 Å². The molecule has 3 unspecified atom stereocenters. The van der Waals surface area contributed by atoms with E-state index in [0.29, 0.717) is 6.42 Å². The Morgan fingerprint density at radius 3 is 0.989 bits per heavy atom. The van der Waals surface area contributed by atoms with E-state index in [1.807, 2.05) is 91.0 Å². The minimum absolute atomic E-state index is 0. The van der Waals surface area contributed by atoms with E-state index in [9.17, 15) is 37.4 Å². The fraction of sp³-hybridized carbons (Fsp3) is 0.527. The molecule has 4 amide bonds. The average Bonchev–Trinajstić information content (AvgIpc) is 1.29. The largest absolute Gasteiger partial charge is 1.00 e. The van der Waals surface area contributed by atoms with Crippen LogP contribution in [0.15, 0.2) is 91.0 Å². The number of carbonyl (C=O) groups excluding carboxylic acids is 12. The molecule has 39 heteroatoms. The second-order valence-electron chi connectivity index (χ2n) is 19.6. The maximum absolute atomic E-state index is 12.6. The van der Waals surface area contributed by atoms with E-state index >= 15 is 0 Å². The zero-order valence-corrected chi connectivity index (χ0v) is 63.0. The van der Waals surface area contributed by atoms with E-state index in [2.05, 4.69) is 30.3 Å². The van der Waals surface area contributed by atoms with Gasteiger partial charge in [0.1, 0.15) is 47.0 Å². The van der Waals surface area contributed by atoms with E-state index < -0.39 is 88.9 Å². The van der Waals surface area contributed by atoms with Crippen molar-refractivity contribution in [2.45, 2.75) is 130 Å². The van der Waals surface area contributed by atoms with Crippen molar-refractivity contribution in [3.05, 3.63) is 108 Å². The van der Waals surface area contributed by atoms with E-state index in [4.69, 9.17) is 89.6 Å². The molecular weight excluding hydrogens is 1360 g/mol. The summed E-state index contributed by atoms with van der Waals surface area (Å²) < 4.78 is 106. The number of alkyl carbamates (subject to hydrolysis) is 4. The topological polar surface area (TPSA) is 482 Å². The third-order valence-electron chi connectivity index (χ3n) is 9.48. The maximum Gasteiger partial charge on any atom is 1.00 e. The summed E-state index contributed by atoms with van der Waals surface area (Å²) in [4.78, 5) is 111. The number of nitrogens with one attached hydrogen (secondary N) is 4. The summed E-state index contributed by atoms with van der Waals surface area (Å²) in [5.41, 5.74) is 0.894. The number of carbonyl (C=O) groups is 4. The Balaban J connectivity index is -0.000000159. The Kier molecular flexibility index (Phi) is 65.3. The molecule has 0 aliphatic heterocycles. The molecule has 0 heterocycles. The number of ether oxygens (including phenoxy) is 4. The molecule has 34 nitrogen and oxygen atoms in total. The first kappa shape index (κ1) is 104. The number of rotatable bonds is 21. The molecule has 530 valence electrons. The Labute approximate surface area is 590 Å². The van der Waals surface area contributed by atoms with Crippen LogP contribution in [0.2, 0.25) is 0 Å². The van der Waals surface area contributed by atoms with Crippen LogP contribution in [0.25, 0.3) is 0 Å². The van der Waals surface area contributed by atoms with Crippen LogP contribution in [0.1, 0.15) is 92.9 Å². The molecule has 0 aromatic heterocycles. The standard InChI is InChI=1S/C15H24NO5P.C12H18NO5P.C9H20NO5P.C8H18NO5P.C7H8O.4CO2.K.H2O/c1-15(2,3)21-14(17)16-13(22(18,19-4)20-5)11-12-9-7-6-8-10-12;1-10(19(15,16-2)17-3)13-12(14)18-9-11-7-5-4-6-8-11;1-7(16(12,13-5)14-6)10-8(11)15-9(2,3)4;1-8(2,3)14-7(10)9-6-15(11,12-4)13-5;8-6-7-4-2-1-3-5-7;4*2-1-3;;/h6-10,13H,11H2,1-5H3,(H,16,17);4-8,10H,9H2,1-3H3,(H,13,14);7H,1-6H3,(H,10,11);6H2,1-5H3,(H,9,10);1-5,8H,6H2;;;;;;1H2/q;;;;;;;;;+1;/p-1. The number of hydrogen-bond acceptors (Lipinski definition) is 30. The van der Waals surface area contributed by atoms with Crippen molar-refractivity contribution >= 4 is 79.4 Å². The smallest absolute Gasteiger partial charge is 0.870 e. The SMILES string of the molecule is COP(=O)(CNC(=O)OC(C)(C)C)OC.COP(=O)(OC)C(C)NC(=O)OC(C)(C)C.COP(=O)(OC)C(C)NC(=O)OCc1ccccc1.COP(=O)(OC)C(Cc1ccccc1)NC(=O)OC(C)(C)C.O=C=O.O=C=O.O=C=O.O=C=O.OCc1ccccc1.[K+].[OH-]. The molecule has 0 fully saturated rings. The van der Waals surface area contributed by atoms with E-state index in [1.54, 1.807) is 62.3 Å². The minimum Gasteiger partial charge on any atom is -0.870 e. The van der Waals surface area contributed by atoms with Gasteiger partial charge in [0.05, 0.1) is 6.61 Å². The van der Waals surface area contributed by atoms with Gasteiger partial charge in [0, 0.05) is 63.3 Å². The molecule has 0 spiro atoms. The molecule has 0 saturated carbocycles. The van der Waals surface area contributed by atoms with Gasteiger partial charge in [0.25, 0.3) is 0 Å². The zero-order chi connectivity index (χ0) is 72.9. The fourth-order valence-electron chi connectivity index (χ4n) is 5.47. The van der Waals surface area contributed by atoms with Crippen LogP contribution >= 0.6 is 30.4 Å². The summed E-state index contributed by atoms with van der Waals surface area (Å²) in [6.45, 7) is 19.0. The van der Waals surface area contributed by atoms with Crippen molar-refractivity contribution in [3.63, 3.8) is 0 Å². The van der Waals surface area contributed by atoms with Gasteiger partial charge in [0.15, 0.2) is 0 Å². The summed E-state index contributed by atoms with van der Waals surface area (Å²) in [5, 5.41) is 18.3. The Bertz CT molecular complexity index is 2760. The normalized spacial score (nSPS) is 11.3. The van der Waals surface area contributed by atoms with Gasteiger partial charge in [-0.3, -0.25) is 18.3 Å². The molecule has 0 radical (unpaired) electrons. The number of hydrogen-bond donors (Lipinski definition) is 5. The molecule has 0 saturated heterocycles. The van der Waals surface area contributed by atoms with E-state index in [0.717, 1.165) is 16.7 Å². The molecule has 0 aliphatic carbocycles. The first-order valence-electron chi connectivity index (χ1n) is 26.1. The van der Waals surface area contributed by atoms with Crippen LogP contribution in [0, 0.1) is 0 Å². The average molecular weight is 1450 g/mol. The molecule has 3 aromatic carbocycles. The summed E-state index contributed by atoms with van der Waals surface area (Å²) in [6.07, 6.45) is -1.56. The van der Waals surface area contributed by atoms with E-state index in [1.165, 1.54) is 70.7 Å². The molecule has 6 N–H and O–H groups in total. The van der Waals surface area contributed by atoms with E-state index in [-0.39, 0.29) is 101 Å². The summed E-state index contributed by atoms with van der Waals surface area (Å²) in [7, 11) is -3.21. The van der Waals surface area contributed by atoms with Crippen molar-refractivity contribution in [1.82, 2.24) is 21.3 Å². The maximum atomic E-state index is 12.6. The van der Waals surface area contributed by atoms with Gasteiger partial charge in [-0.2, -0.15) is 38.4 Å². The third kappa shape index (κ3) is 57.8. The quantitative estimate of drug-likeness (QED) is 0.0445. The number of aliphatic hydroxyl groups is 1. The van der Waals surface area contributed by atoms with Crippen molar-refractivity contribution < 1.29 is 193 Å². The van der Waals surface area contributed by atoms with Crippen molar-refractivity contribution in [2.24, 2.45) is 0 Å². The van der Waals surface area contributed by atoms with Gasteiger partial charge in [-0.15, -0.1) is 0 Å². The Morgan fingerprint density at radius 1 is 0.436 bits per heavy atom. The first-order chi connectivity index (χ1) is 42.7. The first-order valence-corrected chi connectivity index (χ1v) is 32.7. The summed E-state index contributed by atoms with van der Waals surface area (Å²) in [6, 6.07) is 28.1. The van der Waals surface area contributed by atoms with Gasteiger partial charge in [-0.05, 0) is 92.9 Å². The second kappa shape index (κ2) is 58.7. The van der Waals surface area contributed by atoms with Crippen LogP contribution < -0.4 is 72.7 Å². The predicted octanol–water partition coefficient (Wildman–Crippen LogP) is 6.28. The Hall–Kier alpha value is -5.58. The molecule has 3 rings (SSSR count). The fourth-order valence-corrected chi connectivity index (χ4v) is 9.64. The molecule has 94 heavy (non-hydrogen) atoms. The van der Waals surface area contributed by atoms with Gasteiger partial charge in [-0.25, -0.2) is 19.2 Å². The Morgan fingerprint density at radius 2 is 0.713 bits per heavy atom. The van der Waals surface area contributed by atoms with Crippen molar-refractivity contribution in [3.8, 4) is 0 Å². The van der Waals surface area contributed by atoms with Crippen molar-refractivity contribution in [2.75, 3.05) is 63.2 Å². The van der Waals surface area contributed by atoms with Crippen LogP contribution in [0.5, 0.6) is 0 Å². The van der Waals surface area contributed by atoms with Gasteiger partial charge >= 0.3 is 131 Å². The molecule has 3 atom stereocenters. The molecular formula is C55H89KN4O30P4. The molecule has 3 aromatic rings. The molecule has 0 aliphatic rings. The van der Waals surface area contributed by atoms with Crippen LogP contribution in [0.3, 0.4) is 0 Å². The number of amides is 4. The summed E-state index contributed by atoms with van der Waals surface area (Å²) in [5.74, 6) is -2.39. The third-order valence-corrected chi connectivity index (χ3v) is 17.4. The number of benzene rings is 3. The zero-order valence-electron chi connectivity index (χ0n) is 56.3. The van der Waals surface area contributed by atoms with Gasteiger partial charge < -0.3 is 87.0 Å². The van der Waals surface area contributed by atoms with Crippen LogP contribution in [0.4, 0.5) is 19.2 Å². The predicted molar refractivity (Wildman–Crippen MR) is 326 cm³/mol. The summed E-state index contributed by atoms with van der Waals surface area (Å²) >= 11 is 0. The van der Waals surface area contributed by atoms with Crippen LogP contribution in [-0.2, 0) is 131 Å². The monoisotopic (exact) mass is 1450 g/mol. The van der Waals surface area contributed by atoms with Crippen LogP contribution in [-0.4, -0.2) is 157 Å². The van der Waals surface area contributed by atoms with Crippen molar-refractivity contribution in [1.29, 1.82) is 0 Å².